The van der Waals surface area contributed by atoms with Gasteiger partial charge in [0.15, 0.2) is 0 Å². The molecular formula is C12H28AlN2+. The Hall–Kier alpha value is 0.452. The molecule has 15 heavy (non-hydrogen) atoms. The Morgan fingerprint density at radius 3 is 1.07 bits per heavy atom. The summed E-state index contributed by atoms with van der Waals surface area (Å²) in [4.78, 5) is 0. The molecule has 0 amide bonds. The molecular weight excluding hydrogens is 199 g/mol. The number of rotatable bonds is 10. The maximum absolute atomic E-state index is 2.67. The van der Waals surface area contributed by atoms with Crippen molar-refractivity contribution in [2.24, 2.45) is 0 Å². The number of hydrogen-bond donors (Lipinski definition) is 0. The van der Waals surface area contributed by atoms with Gasteiger partial charge >= 0.3 is 103 Å². The first-order valence-corrected chi connectivity index (χ1v) is 7.64. The second-order valence-electron chi connectivity index (χ2n) is 4.19. The van der Waals surface area contributed by atoms with E-state index in [1.165, 1.54) is 51.9 Å². The van der Waals surface area contributed by atoms with E-state index in [0.29, 0.717) is 15.7 Å². The van der Waals surface area contributed by atoms with Gasteiger partial charge in [-0.1, -0.05) is 0 Å². The Morgan fingerprint density at radius 1 is 0.600 bits per heavy atom. The van der Waals surface area contributed by atoms with Gasteiger partial charge in [-0.05, 0) is 0 Å². The second-order valence-corrected chi connectivity index (χ2v) is 5.88. The third-order valence-corrected chi connectivity index (χ3v) is 4.06. The Bertz CT molecular complexity index is 105. The van der Waals surface area contributed by atoms with E-state index in [0.717, 1.165) is 0 Å². The van der Waals surface area contributed by atoms with Gasteiger partial charge < -0.3 is 0 Å². The fraction of sp³-hybridized carbons (Fsp3) is 1.00. The van der Waals surface area contributed by atoms with Gasteiger partial charge in [0.2, 0.25) is 0 Å². The zero-order valence-electron chi connectivity index (χ0n) is 11.1. The molecule has 0 unspecified atom stereocenters. The standard InChI is InChI=1S/2C6H14N.Al/c2*1-3-5-7-6-4-2;/h2*3-6H2,1-2H3;/q2*-1;+3. The van der Waals surface area contributed by atoms with Crippen LogP contribution in [0.15, 0.2) is 0 Å². The van der Waals surface area contributed by atoms with E-state index >= 15 is 0 Å². The Balaban J connectivity index is 3.93. The van der Waals surface area contributed by atoms with Crippen LogP contribution < -0.4 is 0 Å². The molecule has 0 aromatic heterocycles. The molecule has 0 aromatic carbocycles. The van der Waals surface area contributed by atoms with Gasteiger partial charge in [0.1, 0.15) is 0 Å². The van der Waals surface area contributed by atoms with Crippen molar-refractivity contribution in [2.45, 2.75) is 53.4 Å². The van der Waals surface area contributed by atoms with Gasteiger partial charge in [-0.15, -0.1) is 0 Å². The van der Waals surface area contributed by atoms with E-state index in [2.05, 4.69) is 35.5 Å². The molecule has 0 heterocycles. The third kappa shape index (κ3) is 8.28. The van der Waals surface area contributed by atoms with Crippen molar-refractivity contribution in [1.29, 1.82) is 0 Å². The average molecular weight is 227 g/mol. The van der Waals surface area contributed by atoms with Crippen LogP contribution in [0.3, 0.4) is 0 Å². The van der Waals surface area contributed by atoms with E-state index in [1.54, 1.807) is 0 Å². The topological polar surface area (TPSA) is 6.48 Å². The van der Waals surface area contributed by atoms with E-state index in [1.807, 2.05) is 0 Å². The summed E-state index contributed by atoms with van der Waals surface area (Å²) in [6.45, 7) is 14.3. The first-order valence-electron chi connectivity index (χ1n) is 6.61. The molecule has 0 saturated carbocycles. The quantitative estimate of drug-likeness (QED) is 0.529. The van der Waals surface area contributed by atoms with Crippen LogP contribution in [0.2, 0.25) is 0 Å². The Labute approximate surface area is 103 Å². The molecule has 0 aliphatic carbocycles. The summed E-state index contributed by atoms with van der Waals surface area (Å²) in [5.74, 6) is 0. The van der Waals surface area contributed by atoms with E-state index in [9.17, 15) is 0 Å². The average Bonchev–Trinajstić information content (AvgIpc) is 2.19. The molecule has 88 valence electrons. The minimum atomic E-state index is 0.385. The van der Waals surface area contributed by atoms with E-state index in [-0.39, 0.29) is 0 Å². The van der Waals surface area contributed by atoms with Crippen molar-refractivity contribution in [3.8, 4) is 0 Å². The summed E-state index contributed by atoms with van der Waals surface area (Å²) in [7, 11) is 0. The van der Waals surface area contributed by atoms with Crippen molar-refractivity contribution in [3.05, 3.63) is 0 Å². The molecule has 0 aromatic rings. The van der Waals surface area contributed by atoms with Crippen LogP contribution in [0.5, 0.6) is 0 Å². The van der Waals surface area contributed by atoms with Gasteiger partial charge in [-0.3, -0.25) is 0 Å². The SMILES string of the molecule is CCC[N](CCC)[Al+][N](CCC)CCC. The molecule has 3 heteroatoms. The zero-order chi connectivity index (χ0) is 11.5. The van der Waals surface area contributed by atoms with Crippen molar-refractivity contribution in [2.75, 3.05) is 26.2 Å². The third-order valence-electron chi connectivity index (χ3n) is 2.37. The molecule has 0 N–H and O–H groups in total. The summed E-state index contributed by atoms with van der Waals surface area (Å²) >= 11 is 0.385. The summed E-state index contributed by atoms with van der Waals surface area (Å²) in [6, 6.07) is 0. The predicted molar refractivity (Wildman–Crippen MR) is 70.1 cm³/mol. The molecule has 0 fully saturated rings. The Morgan fingerprint density at radius 2 is 0.867 bits per heavy atom. The molecule has 0 aliphatic heterocycles. The van der Waals surface area contributed by atoms with Gasteiger partial charge in [0, 0.05) is 0 Å². The van der Waals surface area contributed by atoms with Crippen molar-refractivity contribution in [1.82, 2.24) is 7.77 Å². The molecule has 0 spiro atoms. The van der Waals surface area contributed by atoms with Gasteiger partial charge in [0.05, 0.1) is 0 Å². The summed E-state index contributed by atoms with van der Waals surface area (Å²) in [5, 5.41) is 0. The van der Waals surface area contributed by atoms with Crippen LogP contribution in [0.4, 0.5) is 0 Å². The van der Waals surface area contributed by atoms with Gasteiger partial charge in [-0.2, -0.15) is 0 Å². The number of hydrogen-bond acceptors (Lipinski definition) is 2. The molecule has 0 atom stereocenters. The monoisotopic (exact) mass is 227 g/mol. The van der Waals surface area contributed by atoms with Crippen LogP contribution >= 0.6 is 0 Å². The molecule has 0 bridgehead atoms. The number of nitrogens with zero attached hydrogens (tertiary/aromatic N) is 2. The summed E-state index contributed by atoms with van der Waals surface area (Å²) in [5.41, 5.74) is 0. The maximum atomic E-state index is 2.67. The minimum absolute atomic E-state index is 0.385. The van der Waals surface area contributed by atoms with Crippen LogP contribution in [-0.4, -0.2) is 49.6 Å². The van der Waals surface area contributed by atoms with Crippen LogP contribution in [-0.2, 0) is 0 Å². The molecule has 0 saturated heterocycles. The van der Waals surface area contributed by atoms with Crippen molar-refractivity contribution in [3.63, 3.8) is 0 Å². The second kappa shape index (κ2) is 11.0. The van der Waals surface area contributed by atoms with Crippen molar-refractivity contribution >= 4 is 15.7 Å². The van der Waals surface area contributed by atoms with E-state index in [4.69, 9.17) is 0 Å². The molecule has 0 radical (unpaired) electrons. The predicted octanol–water partition coefficient (Wildman–Crippen LogP) is 2.76. The molecule has 0 rings (SSSR count). The van der Waals surface area contributed by atoms with E-state index < -0.39 is 0 Å². The molecule has 0 aliphatic rings. The van der Waals surface area contributed by atoms with Crippen molar-refractivity contribution < 1.29 is 0 Å². The summed E-state index contributed by atoms with van der Waals surface area (Å²) in [6.07, 6.45) is 5.16. The normalized spacial score (nSPS) is 11.1. The van der Waals surface area contributed by atoms with Crippen LogP contribution in [0.25, 0.3) is 0 Å². The Kier molecular flexibility index (Phi) is 11.3. The van der Waals surface area contributed by atoms with Gasteiger partial charge in [-0.25, -0.2) is 0 Å². The van der Waals surface area contributed by atoms with Crippen LogP contribution in [0, 0.1) is 0 Å². The first kappa shape index (κ1) is 15.5. The fourth-order valence-corrected chi connectivity index (χ4v) is 3.79. The molecule has 2 nitrogen and oxygen atoms in total. The summed E-state index contributed by atoms with van der Waals surface area (Å²) < 4.78 is 5.34. The first-order chi connectivity index (χ1) is 7.28. The zero-order valence-corrected chi connectivity index (χ0v) is 12.3. The van der Waals surface area contributed by atoms with Crippen LogP contribution in [0.1, 0.15) is 53.4 Å². The fourth-order valence-electron chi connectivity index (χ4n) is 1.83. The van der Waals surface area contributed by atoms with Gasteiger partial charge in [0.25, 0.3) is 0 Å².